The Morgan fingerprint density at radius 2 is 1.77 bits per heavy atom. The van der Waals surface area contributed by atoms with Gasteiger partial charge in [0, 0.05) is 17.6 Å². The predicted octanol–water partition coefficient (Wildman–Crippen LogP) is 2.07. The van der Waals surface area contributed by atoms with E-state index in [2.05, 4.69) is 4.98 Å². The number of pyridine rings is 1. The van der Waals surface area contributed by atoms with E-state index < -0.39 is 0 Å². The first-order valence-corrected chi connectivity index (χ1v) is 3.54. The third-order valence-electron chi connectivity index (χ3n) is 1.70. The minimum absolute atomic E-state index is 0. The van der Waals surface area contributed by atoms with Crippen LogP contribution < -0.4 is 0 Å². The monoisotopic (exact) mass is 197 g/mol. The van der Waals surface area contributed by atoms with E-state index >= 15 is 0 Å². The van der Waals surface area contributed by atoms with E-state index in [0.29, 0.717) is 5.52 Å². The summed E-state index contributed by atoms with van der Waals surface area (Å²) in [6.07, 6.45) is 1.64. The average Bonchev–Trinajstić information content (AvgIpc) is 2.07. The molecular weight excluding hydrogens is 190 g/mol. The third-order valence-corrected chi connectivity index (χ3v) is 1.70. The molecule has 0 atom stereocenters. The average molecular weight is 198 g/mol. The fourth-order valence-corrected chi connectivity index (χ4v) is 1.10. The number of aromatic hydroxyl groups is 2. The molecule has 1 heterocycles. The number of nitrogens with zero attached hydrogens (tertiary/aromatic N) is 1. The van der Waals surface area contributed by atoms with E-state index in [1.54, 1.807) is 12.3 Å². The van der Waals surface area contributed by atoms with E-state index in [0.717, 1.165) is 5.39 Å². The van der Waals surface area contributed by atoms with Crippen LogP contribution >= 0.6 is 12.4 Å². The SMILES string of the molecule is Cl.Oc1cc2cccnc2cc1O. The zero-order valence-corrected chi connectivity index (χ0v) is 7.45. The molecule has 1 aromatic carbocycles. The second-order valence-corrected chi connectivity index (χ2v) is 2.54. The summed E-state index contributed by atoms with van der Waals surface area (Å²) in [7, 11) is 0. The molecule has 13 heavy (non-hydrogen) atoms. The molecule has 0 saturated heterocycles. The minimum Gasteiger partial charge on any atom is -0.504 e. The maximum absolute atomic E-state index is 9.14. The first kappa shape index (κ1) is 9.61. The van der Waals surface area contributed by atoms with E-state index in [1.165, 1.54) is 12.1 Å². The van der Waals surface area contributed by atoms with Crippen molar-refractivity contribution < 1.29 is 10.2 Å². The van der Waals surface area contributed by atoms with Crippen molar-refractivity contribution in [2.75, 3.05) is 0 Å². The molecule has 3 nitrogen and oxygen atoms in total. The van der Waals surface area contributed by atoms with Crippen molar-refractivity contribution >= 4 is 23.3 Å². The van der Waals surface area contributed by atoms with Crippen LogP contribution in [-0.2, 0) is 0 Å². The predicted molar refractivity (Wildman–Crippen MR) is 52.3 cm³/mol. The smallest absolute Gasteiger partial charge is 0.159 e. The Bertz CT molecular complexity index is 390. The van der Waals surface area contributed by atoms with Gasteiger partial charge in [0.25, 0.3) is 0 Å². The van der Waals surface area contributed by atoms with Crippen LogP contribution in [0.4, 0.5) is 0 Å². The minimum atomic E-state index is -0.138. The van der Waals surface area contributed by atoms with E-state index in [-0.39, 0.29) is 23.9 Å². The molecule has 2 aromatic rings. The van der Waals surface area contributed by atoms with Gasteiger partial charge in [-0.05, 0) is 12.1 Å². The molecule has 0 fully saturated rings. The molecule has 0 saturated carbocycles. The largest absolute Gasteiger partial charge is 0.504 e. The molecule has 0 aliphatic rings. The lowest BCUT2D eigenvalue weighted by molar-refractivity contribution is 0.405. The fraction of sp³-hybridized carbons (Fsp3) is 0. The molecule has 0 radical (unpaired) electrons. The zero-order chi connectivity index (χ0) is 8.55. The van der Waals surface area contributed by atoms with Crippen LogP contribution in [0.1, 0.15) is 0 Å². The highest BCUT2D eigenvalue weighted by Gasteiger charge is 2.00. The quantitative estimate of drug-likeness (QED) is 0.636. The summed E-state index contributed by atoms with van der Waals surface area (Å²) in [5.74, 6) is -0.253. The first-order valence-electron chi connectivity index (χ1n) is 3.54. The van der Waals surface area contributed by atoms with Crippen LogP contribution in [0, 0.1) is 0 Å². The zero-order valence-electron chi connectivity index (χ0n) is 6.64. The molecule has 0 spiro atoms. The van der Waals surface area contributed by atoms with Crippen LogP contribution in [0.15, 0.2) is 30.5 Å². The normalized spacial score (nSPS) is 9.54. The van der Waals surface area contributed by atoms with E-state index in [1.807, 2.05) is 6.07 Å². The number of fused-ring (bicyclic) bond motifs is 1. The number of hydrogen-bond donors (Lipinski definition) is 2. The Balaban J connectivity index is 0.000000845. The molecule has 2 N–H and O–H groups in total. The molecule has 4 heteroatoms. The van der Waals surface area contributed by atoms with Gasteiger partial charge in [-0.25, -0.2) is 0 Å². The summed E-state index contributed by atoms with van der Waals surface area (Å²) in [4.78, 5) is 4.01. The van der Waals surface area contributed by atoms with Gasteiger partial charge in [-0.1, -0.05) is 6.07 Å². The number of halogens is 1. The summed E-state index contributed by atoms with van der Waals surface area (Å²) < 4.78 is 0. The van der Waals surface area contributed by atoms with Crippen molar-refractivity contribution in [2.45, 2.75) is 0 Å². The number of hydrogen-bond acceptors (Lipinski definition) is 3. The van der Waals surface area contributed by atoms with E-state index in [4.69, 9.17) is 10.2 Å². The van der Waals surface area contributed by atoms with Gasteiger partial charge in [0.15, 0.2) is 11.5 Å². The molecule has 0 bridgehead atoms. The van der Waals surface area contributed by atoms with Crippen LogP contribution in [0.3, 0.4) is 0 Å². The topological polar surface area (TPSA) is 53.4 Å². The number of phenolic OH excluding ortho intramolecular Hbond substituents is 2. The maximum atomic E-state index is 9.14. The fourth-order valence-electron chi connectivity index (χ4n) is 1.10. The van der Waals surface area contributed by atoms with Gasteiger partial charge in [0.05, 0.1) is 5.52 Å². The highest BCUT2D eigenvalue weighted by atomic mass is 35.5. The second-order valence-electron chi connectivity index (χ2n) is 2.54. The number of phenols is 2. The lowest BCUT2D eigenvalue weighted by atomic mass is 10.2. The summed E-state index contributed by atoms with van der Waals surface area (Å²) >= 11 is 0. The van der Waals surface area contributed by atoms with Crippen molar-refractivity contribution in [1.29, 1.82) is 0 Å². The first-order chi connectivity index (χ1) is 5.77. The van der Waals surface area contributed by atoms with Crippen LogP contribution in [-0.4, -0.2) is 15.2 Å². The van der Waals surface area contributed by atoms with Gasteiger partial charge >= 0.3 is 0 Å². The second kappa shape index (κ2) is 3.49. The van der Waals surface area contributed by atoms with Gasteiger partial charge in [0.2, 0.25) is 0 Å². The lowest BCUT2D eigenvalue weighted by Gasteiger charge is -1.99. The van der Waals surface area contributed by atoms with Gasteiger partial charge in [-0.15, -0.1) is 12.4 Å². The lowest BCUT2D eigenvalue weighted by Crippen LogP contribution is -1.77. The highest BCUT2D eigenvalue weighted by Crippen LogP contribution is 2.28. The summed E-state index contributed by atoms with van der Waals surface area (Å²) in [5, 5.41) is 19.1. The Hall–Kier alpha value is -1.48. The van der Waals surface area contributed by atoms with Crippen molar-refractivity contribution in [3.05, 3.63) is 30.5 Å². The number of rotatable bonds is 0. The van der Waals surface area contributed by atoms with Gasteiger partial charge in [-0.3, -0.25) is 4.98 Å². The molecular formula is C9H8ClNO2. The Morgan fingerprint density at radius 3 is 2.54 bits per heavy atom. The number of benzene rings is 1. The van der Waals surface area contributed by atoms with Gasteiger partial charge < -0.3 is 10.2 Å². The summed E-state index contributed by atoms with van der Waals surface area (Å²) in [5.41, 5.74) is 0.674. The van der Waals surface area contributed by atoms with Gasteiger partial charge in [0.1, 0.15) is 0 Å². The van der Waals surface area contributed by atoms with Crippen molar-refractivity contribution in [3.8, 4) is 11.5 Å². The molecule has 0 unspecified atom stereocenters. The Morgan fingerprint density at radius 1 is 1.08 bits per heavy atom. The Kier molecular flexibility index (Phi) is 2.58. The van der Waals surface area contributed by atoms with Crippen LogP contribution in [0.25, 0.3) is 10.9 Å². The van der Waals surface area contributed by atoms with E-state index in [9.17, 15) is 0 Å². The summed E-state index contributed by atoms with van der Waals surface area (Å²) in [6, 6.07) is 6.52. The molecule has 0 aliphatic heterocycles. The molecule has 1 aromatic heterocycles. The van der Waals surface area contributed by atoms with Crippen molar-refractivity contribution in [1.82, 2.24) is 4.98 Å². The molecule has 0 amide bonds. The van der Waals surface area contributed by atoms with Crippen molar-refractivity contribution in [2.24, 2.45) is 0 Å². The van der Waals surface area contributed by atoms with Gasteiger partial charge in [-0.2, -0.15) is 0 Å². The molecule has 68 valence electrons. The Labute approximate surface area is 81.1 Å². The highest BCUT2D eigenvalue weighted by molar-refractivity contribution is 5.85. The third kappa shape index (κ3) is 1.65. The standard InChI is InChI=1S/C9H7NO2.ClH/c11-8-4-6-2-1-3-10-7(6)5-9(8)12;/h1-5,11-12H;1H. The van der Waals surface area contributed by atoms with Crippen LogP contribution in [0.2, 0.25) is 0 Å². The van der Waals surface area contributed by atoms with Crippen LogP contribution in [0.5, 0.6) is 11.5 Å². The maximum Gasteiger partial charge on any atom is 0.159 e. The molecule has 0 aliphatic carbocycles. The number of aromatic nitrogens is 1. The van der Waals surface area contributed by atoms with Crippen molar-refractivity contribution in [3.63, 3.8) is 0 Å². The summed E-state index contributed by atoms with van der Waals surface area (Å²) in [6.45, 7) is 0. The molecule has 2 rings (SSSR count).